The van der Waals surface area contributed by atoms with Crippen molar-refractivity contribution in [1.29, 1.82) is 0 Å². The molecule has 0 saturated carbocycles. The molecule has 0 atom stereocenters. The van der Waals surface area contributed by atoms with Gasteiger partial charge in [0.25, 0.3) is 10.0 Å². The van der Waals surface area contributed by atoms with Gasteiger partial charge < -0.3 is 9.84 Å². The van der Waals surface area contributed by atoms with Gasteiger partial charge in [-0.1, -0.05) is 36.4 Å². The Hall–Kier alpha value is -3.32. The molecule has 0 saturated heterocycles. The molecule has 0 aliphatic heterocycles. The summed E-state index contributed by atoms with van der Waals surface area (Å²) >= 11 is 0. The molecule has 0 aromatic heterocycles. The van der Waals surface area contributed by atoms with E-state index in [-0.39, 0.29) is 22.9 Å². The molecule has 3 aromatic rings. The summed E-state index contributed by atoms with van der Waals surface area (Å²) in [6.45, 7) is 2.00. The summed E-state index contributed by atoms with van der Waals surface area (Å²) in [5, 5.41) is 9.48. The van der Waals surface area contributed by atoms with Crippen molar-refractivity contribution in [2.75, 3.05) is 11.3 Å². The van der Waals surface area contributed by atoms with E-state index in [9.17, 15) is 18.3 Å². The molecule has 0 aliphatic rings. The Labute approximate surface area is 163 Å². The molecular weight excluding hydrogens is 378 g/mol. The fourth-order valence-electron chi connectivity index (χ4n) is 2.72. The van der Waals surface area contributed by atoms with Crippen molar-refractivity contribution in [2.45, 2.75) is 11.8 Å². The first-order chi connectivity index (χ1) is 13.4. The molecule has 0 unspecified atom stereocenters. The normalized spacial score (nSPS) is 11.0. The van der Waals surface area contributed by atoms with Crippen LogP contribution in [0.5, 0.6) is 5.75 Å². The zero-order chi connectivity index (χ0) is 20.1. The molecule has 0 bridgehead atoms. The fraction of sp³-hybridized carbons (Fsp3) is 0.0952. The maximum absolute atomic E-state index is 12.6. The number of phenols is 1. The quantitative estimate of drug-likeness (QED) is 0.613. The molecule has 0 amide bonds. The van der Waals surface area contributed by atoms with Crippen molar-refractivity contribution in [3.05, 3.63) is 78.4 Å². The minimum absolute atomic E-state index is 0.0360. The van der Waals surface area contributed by atoms with Crippen LogP contribution in [-0.2, 0) is 14.8 Å². The Morgan fingerprint density at radius 1 is 1.00 bits per heavy atom. The number of nitrogens with one attached hydrogen (secondary N) is 1. The lowest BCUT2D eigenvalue weighted by Crippen LogP contribution is -2.12. The van der Waals surface area contributed by atoms with E-state index in [1.807, 2.05) is 0 Å². The minimum Gasteiger partial charge on any atom is -0.508 e. The smallest absolute Gasteiger partial charge is 0.338 e. The predicted octanol–water partition coefficient (Wildman–Crippen LogP) is 4.04. The van der Waals surface area contributed by atoms with E-state index in [1.54, 1.807) is 55.5 Å². The van der Waals surface area contributed by atoms with Gasteiger partial charge in [0.15, 0.2) is 0 Å². The molecule has 0 radical (unpaired) electrons. The zero-order valence-corrected chi connectivity index (χ0v) is 15.9. The van der Waals surface area contributed by atoms with Crippen LogP contribution in [0.1, 0.15) is 17.3 Å². The molecule has 7 heteroatoms. The Kier molecular flexibility index (Phi) is 5.65. The van der Waals surface area contributed by atoms with Crippen molar-refractivity contribution < 1.29 is 23.1 Å². The third-order valence-electron chi connectivity index (χ3n) is 4.00. The highest BCUT2D eigenvalue weighted by Gasteiger charge is 2.17. The van der Waals surface area contributed by atoms with Crippen LogP contribution in [0.3, 0.4) is 0 Å². The first kappa shape index (κ1) is 19.4. The number of ether oxygens (including phenoxy) is 1. The van der Waals surface area contributed by atoms with E-state index in [2.05, 4.69) is 4.72 Å². The lowest BCUT2D eigenvalue weighted by molar-refractivity contribution is 0.0527. The molecule has 0 aliphatic carbocycles. The highest BCUT2D eigenvalue weighted by molar-refractivity contribution is 7.92. The second-order valence-corrected chi connectivity index (χ2v) is 7.63. The maximum Gasteiger partial charge on any atom is 0.338 e. The molecule has 0 heterocycles. The SMILES string of the molecule is CCOC(=O)c1ccccc1-c1ccc(S(=O)(=O)Nc2cccc(O)c2)cc1. The van der Waals surface area contributed by atoms with Crippen molar-refractivity contribution in [1.82, 2.24) is 0 Å². The summed E-state index contributed by atoms with van der Waals surface area (Å²) in [5.74, 6) is -0.466. The van der Waals surface area contributed by atoms with Crippen molar-refractivity contribution in [3.63, 3.8) is 0 Å². The Morgan fingerprint density at radius 2 is 1.71 bits per heavy atom. The monoisotopic (exact) mass is 397 g/mol. The van der Waals surface area contributed by atoms with Gasteiger partial charge >= 0.3 is 5.97 Å². The molecule has 3 aromatic carbocycles. The van der Waals surface area contributed by atoms with Crippen LogP contribution in [0.25, 0.3) is 11.1 Å². The van der Waals surface area contributed by atoms with Crippen molar-refractivity contribution in [2.24, 2.45) is 0 Å². The van der Waals surface area contributed by atoms with Gasteiger partial charge in [0.2, 0.25) is 0 Å². The Bertz CT molecular complexity index is 1090. The summed E-state index contributed by atoms with van der Waals surface area (Å²) in [4.78, 5) is 12.2. The maximum atomic E-state index is 12.6. The van der Waals surface area contributed by atoms with E-state index in [4.69, 9.17) is 4.74 Å². The zero-order valence-electron chi connectivity index (χ0n) is 15.1. The highest BCUT2D eigenvalue weighted by Crippen LogP contribution is 2.26. The average Bonchev–Trinajstić information content (AvgIpc) is 2.68. The predicted molar refractivity (Wildman–Crippen MR) is 107 cm³/mol. The number of aromatic hydroxyl groups is 1. The van der Waals surface area contributed by atoms with E-state index in [0.717, 1.165) is 0 Å². The number of rotatable bonds is 6. The molecule has 3 rings (SSSR count). The molecule has 0 spiro atoms. The Morgan fingerprint density at radius 3 is 2.39 bits per heavy atom. The van der Waals surface area contributed by atoms with Crippen LogP contribution < -0.4 is 4.72 Å². The summed E-state index contributed by atoms with van der Waals surface area (Å²) in [6.07, 6.45) is 0. The summed E-state index contributed by atoms with van der Waals surface area (Å²) < 4.78 is 32.6. The van der Waals surface area contributed by atoms with Crippen LogP contribution in [0.15, 0.2) is 77.7 Å². The first-order valence-corrected chi connectivity index (χ1v) is 10.1. The number of anilines is 1. The molecule has 144 valence electrons. The van der Waals surface area contributed by atoms with Gasteiger partial charge in [-0.05, 0) is 48.4 Å². The Balaban J connectivity index is 1.89. The number of sulfonamides is 1. The lowest BCUT2D eigenvalue weighted by atomic mass is 10.00. The van der Waals surface area contributed by atoms with Crippen LogP contribution in [-0.4, -0.2) is 26.1 Å². The van der Waals surface area contributed by atoms with E-state index >= 15 is 0 Å². The number of hydrogen-bond acceptors (Lipinski definition) is 5. The topological polar surface area (TPSA) is 92.7 Å². The first-order valence-electron chi connectivity index (χ1n) is 8.59. The molecule has 6 nitrogen and oxygen atoms in total. The van der Waals surface area contributed by atoms with Crippen LogP contribution in [0, 0.1) is 0 Å². The van der Waals surface area contributed by atoms with Gasteiger partial charge in [-0.25, -0.2) is 13.2 Å². The van der Waals surface area contributed by atoms with Crippen LogP contribution >= 0.6 is 0 Å². The van der Waals surface area contributed by atoms with Gasteiger partial charge in [-0.2, -0.15) is 0 Å². The second-order valence-electron chi connectivity index (χ2n) is 5.95. The third kappa shape index (κ3) is 4.32. The van der Waals surface area contributed by atoms with Gasteiger partial charge in [0.05, 0.1) is 22.8 Å². The van der Waals surface area contributed by atoms with Crippen molar-refractivity contribution in [3.8, 4) is 16.9 Å². The van der Waals surface area contributed by atoms with E-state index in [0.29, 0.717) is 16.7 Å². The second kappa shape index (κ2) is 8.14. The molecule has 0 fully saturated rings. The fourth-order valence-corrected chi connectivity index (χ4v) is 3.77. The number of esters is 1. The van der Waals surface area contributed by atoms with Crippen LogP contribution in [0.2, 0.25) is 0 Å². The third-order valence-corrected chi connectivity index (χ3v) is 5.39. The number of phenolic OH excluding ortho intramolecular Hbond substituents is 1. The van der Waals surface area contributed by atoms with Crippen molar-refractivity contribution >= 4 is 21.7 Å². The van der Waals surface area contributed by atoms with Crippen LogP contribution in [0.4, 0.5) is 5.69 Å². The minimum atomic E-state index is -3.82. The van der Waals surface area contributed by atoms with E-state index < -0.39 is 16.0 Å². The molecule has 28 heavy (non-hydrogen) atoms. The van der Waals surface area contributed by atoms with E-state index in [1.165, 1.54) is 24.3 Å². The summed E-state index contributed by atoms with van der Waals surface area (Å²) in [5.41, 5.74) is 2.03. The number of carbonyl (C=O) groups excluding carboxylic acids is 1. The lowest BCUT2D eigenvalue weighted by Gasteiger charge is -2.11. The van der Waals surface area contributed by atoms with Gasteiger partial charge in [0.1, 0.15) is 5.75 Å². The standard InChI is InChI=1S/C21H19NO5S/c1-2-27-21(24)20-9-4-3-8-19(20)15-10-12-18(13-11-15)28(25,26)22-16-6-5-7-17(23)14-16/h3-14,22-23H,2H2,1H3. The number of carbonyl (C=O) groups is 1. The van der Waals surface area contributed by atoms with Gasteiger partial charge in [-0.3, -0.25) is 4.72 Å². The van der Waals surface area contributed by atoms with Gasteiger partial charge in [0, 0.05) is 6.07 Å². The highest BCUT2D eigenvalue weighted by atomic mass is 32.2. The molecular formula is C21H19NO5S. The average molecular weight is 397 g/mol. The van der Waals surface area contributed by atoms with Gasteiger partial charge in [-0.15, -0.1) is 0 Å². The molecule has 2 N–H and O–H groups in total. The number of hydrogen-bond donors (Lipinski definition) is 2. The number of benzene rings is 3. The summed E-state index contributed by atoms with van der Waals surface area (Å²) in [7, 11) is -3.82. The summed E-state index contributed by atoms with van der Waals surface area (Å²) in [6, 6.07) is 19.0. The largest absolute Gasteiger partial charge is 0.508 e.